The van der Waals surface area contributed by atoms with Crippen LogP contribution in [0.3, 0.4) is 0 Å². The van der Waals surface area contributed by atoms with Gasteiger partial charge in [0.05, 0.1) is 12.2 Å². The lowest BCUT2D eigenvalue weighted by molar-refractivity contribution is 0.0308. The lowest BCUT2D eigenvalue weighted by Crippen LogP contribution is -2.32. The SMILES string of the molecule is CC1CC(CCl)(C2CC2)C(C)O1. The van der Waals surface area contributed by atoms with Crippen molar-refractivity contribution in [1.29, 1.82) is 0 Å². The van der Waals surface area contributed by atoms with Gasteiger partial charge in [0.2, 0.25) is 0 Å². The maximum atomic E-state index is 6.08. The summed E-state index contributed by atoms with van der Waals surface area (Å²) in [6.07, 6.45) is 4.69. The predicted molar refractivity (Wildman–Crippen MR) is 50.5 cm³/mol. The largest absolute Gasteiger partial charge is 0.375 e. The molecule has 2 fully saturated rings. The van der Waals surface area contributed by atoms with E-state index in [4.69, 9.17) is 16.3 Å². The second kappa shape index (κ2) is 2.88. The molecule has 70 valence electrons. The van der Waals surface area contributed by atoms with E-state index in [-0.39, 0.29) is 0 Å². The van der Waals surface area contributed by atoms with E-state index >= 15 is 0 Å². The van der Waals surface area contributed by atoms with Gasteiger partial charge in [-0.25, -0.2) is 0 Å². The molecule has 3 atom stereocenters. The van der Waals surface area contributed by atoms with Gasteiger partial charge in [-0.3, -0.25) is 0 Å². The van der Waals surface area contributed by atoms with Crippen LogP contribution in [0.15, 0.2) is 0 Å². The predicted octanol–water partition coefficient (Wildman–Crippen LogP) is 2.82. The summed E-state index contributed by atoms with van der Waals surface area (Å²) in [7, 11) is 0. The molecule has 1 nitrogen and oxygen atoms in total. The topological polar surface area (TPSA) is 9.23 Å². The van der Waals surface area contributed by atoms with E-state index < -0.39 is 0 Å². The first kappa shape index (κ1) is 8.83. The van der Waals surface area contributed by atoms with Crippen LogP contribution in [0, 0.1) is 11.3 Å². The third-order valence-electron chi connectivity index (χ3n) is 3.55. The number of halogens is 1. The Morgan fingerprint density at radius 2 is 2.08 bits per heavy atom. The van der Waals surface area contributed by atoms with Crippen molar-refractivity contribution in [3.05, 3.63) is 0 Å². The molecule has 2 aliphatic rings. The van der Waals surface area contributed by atoms with E-state index in [2.05, 4.69) is 13.8 Å². The Morgan fingerprint density at radius 3 is 2.42 bits per heavy atom. The highest BCUT2D eigenvalue weighted by Gasteiger charge is 2.53. The molecule has 0 radical (unpaired) electrons. The van der Waals surface area contributed by atoms with Gasteiger partial charge in [0.1, 0.15) is 0 Å². The molecule has 1 aliphatic carbocycles. The smallest absolute Gasteiger partial charge is 0.0621 e. The van der Waals surface area contributed by atoms with Crippen LogP contribution in [-0.2, 0) is 4.74 Å². The van der Waals surface area contributed by atoms with Crippen LogP contribution >= 0.6 is 11.6 Å². The number of ether oxygens (including phenoxy) is 1. The summed E-state index contributed by atoms with van der Waals surface area (Å²) in [5.41, 5.74) is 0.320. The van der Waals surface area contributed by atoms with Gasteiger partial charge in [0.25, 0.3) is 0 Å². The molecule has 0 N–H and O–H groups in total. The van der Waals surface area contributed by atoms with Crippen molar-refractivity contribution >= 4 is 11.6 Å². The summed E-state index contributed by atoms with van der Waals surface area (Å²) in [4.78, 5) is 0. The molecule has 12 heavy (non-hydrogen) atoms. The number of rotatable bonds is 2. The van der Waals surface area contributed by atoms with E-state index in [1.807, 2.05) is 0 Å². The molecule has 0 bridgehead atoms. The molecule has 1 aliphatic heterocycles. The average Bonchev–Trinajstić information content (AvgIpc) is 2.79. The maximum absolute atomic E-state index is 6.08. The average molecular weight is 189 g/mol. The molecule has 0 amide bonds. The Bertz CT molecular complexity index is 179. The van der Waals surface area contributed by atoms with Crippen LogP contribution in [0.2, 0.25) is 0 Å². The summed E-state index contributed by atoms with van der Waals surface area (Å²) < 4.78 is 5.78. The Kier molecular flexibility index (Phi) is 2.12. The third-order valence-corrected chi connectivity index (χ3v) is 4.05. The zero-order valence-electron chi connectivity index (χ0n) is 7.85. The third kappa shape index (κ3) is 1.18. The van der Waals surface area contributed by atoms with Crippen LogP contribution in [0.25, 0.3) is 0 Å². The lowest BCUT2D eigenvalue weighted by atomic mass is 9.78. The second-order valence-electron chi connectivity index (χ2n) is 4.43. The summed E-state index contributed by atoms with van der Waals surface area (Å²) >= 11 is 6.08. The second-order valence-corrected chi connectivity index (χ2v) is 4.70. The van der Waals surface area contributed by atoms with E-state index in [1.165, 1.54) is 19.3 Å². The minimum Gasteiger partial charge on any atom is -0.375 e. The van der Waals surface area contributed by atoms with Crippen molar-refractivity contribution < 1.29 is 4.74 Å². The van der Waals surface area contributed by atoms with Crippen molar-refractivity contribution in [2.45, 2.75) is 45.3 Å². The molecule has 2 heteroatoms. The van der Waals surface area contributed by atoms with Crippen molar-refractivity contribution in [2.75, 3.05) is 5.88 Å². The zero-order chi connectivity index (χ0) is 8.77. The van der Waals surface area contributed by atoms with Crippen molar-refractivity contribution in [3.8, 4) is 0 Å². The Morgan fingerprint density at radius 1 is 1.42 bits per heavy atom. The molecule has 1 saturated heterocycles. The van der Waals surface area contributed by atoms with Crippen LogP contribution in [0.4, 0.5) is 0 Å². The van der Waals surface area contributed by atoms with E-state index in [9.17, 15) is 0 Å². The fourth-order valence-electron chi connectivity index (χ4n) is 2.66. The molecule has 1 saturated carbocycles. The maximum Gasteiger partial charge on any atom is 0.0621 e. The highest BCUT2D eigenvalue weighted by atomic mass is 35.5. The monoisotopic (exact) mass is 188 g/mol. The van der Waals surface area contributed by atoms with Gasteiger partial charge in [-0.1, -0.05) is 0 Å². The fourth-order valence-corrected chi connectivity index (χ4v) is 3.21. The summed E-state index contributed by atoms with van der Waals surface area (Å²) in [6.45, 7) is 4.34. The van der Waals surface area contributed by atoms with E-state index in [1.54, 1.807) is 0 Å². The summed E-state index contributed by atoms with van der Waals surface area (Å²) in [6, 6.07) is 0. The zero-order valence-corrected chi connectivity index (χ0v) is 8.60. The quantitative estimate of drug-likeness (QED) is 0.606. The Labute approximate surface area is 79.4 Å². The molecule has 0 spiro atoms. The molecule has 0 aromatic carbocycles. The number of hydrogen-bond donors (Lipinski definition) is 0. The van der Waals surface area contributed by atoms with Gasteiger partial charge in [-0.05, 0) is 39.0 Å². The first-order valence-corrected chi connectivity index (χ1v) is 5.44. The standard InChI is InChI=1S/C10H17ClO/c1-7-5-10(6-11,8(2)12-7)9-3-4-9/h7-9H,3-6H2,1-2H3. The van der Waals surface area contributed by atoms with Crippen LogP contribution in [0.5, 0.6) is 0 Å². The van der Waals surface area contributed by atoms with Gasteiger partial charge in [-0.2, -0.15) is 0 Å². The molecule has 0 aromatic rings. The molecular formula is C10H17ClO. The lowest BCUT2D eigenvalue weighted by Gasteiger charge is -2.29. The van der Waals surface area contributed by atoms with E-state index in [0.29, 0.717) is 17.6 Å². The van der Waals surface area contributed by atoms with Gasteiger partial charge in [0, 0.05) is 11.3 Å². The van der Waals surface area contributed by atoms with Gasteiger partial charge in [-0.15, -0.1) is 11.6 Å². The van der Waals surface area contributed by atoms with Crippen LogP contribution in [0.1, 0.15) is 33.1 Å². The Hall–Kier alpha value is 0.250. The minimum absolute atomic E-state index is 0.320. The normalized spacial score (nSPS) is 48.2. The minimum atomic E-state index is 0.320. The van der Waals surface area contributed by atoms with Crippen molar-refractivity contribution in [1.82, 2.24) is 0 Å². The van der Waals surface area contributed by atoms with Gasteiger partial charge in [0.15, 0.2) is 0 Å². The first-order valence-electron chi connectivity index (χ1n) is 4.90. The highest BCUT2D eigenvalue weighted by Crippen LogP contribution is 2.55. The fraction of sp³-hybridized carbons (Fsp3) is 1.00. The van der Waals surface area contributed by atoms with Crippen LogP contribution < -0.4 is 0 Å². The molecular weight excluding hydrogens is 172 g/mol. The molecule has 0 aromatic heterocycles. The van der Waals surface area contributed by atoms with Gasteiger partial charge < -0.3 is 4.74 Å². The first-order chi connectivity index (χ1) is 5.69. The van der Waals surface area contributed by atoms with Crippen LogP contribution in [-0.4, -0.2) is 18.1 Å². The Balaban J connectivity index is 2.15. The molecule has 3 unspecified atom stereocenters. The van der Waals surface area contributed by atoms with E-state index in [0.717, 1.165) is 11.8 Å². The highest BCUT2D eigenvalue weighted by molar-refractivity contribution is 6.18. The van der Waals surface area contributed by atoms with Crippen molar-refractivity contribution in [2.24, 2.45) is 11.3 Å². The number of alkyl halides is 1. The van der Waals surface area contributed by atoms with Gasteiger partial charge >= 0.3 is 0 Å². The van der Waals surface area contributed by atoms with Crippen molar-refractivity contribution in [3.63, 3.8) is 0 Å². The number of hydrogen-bond acceptors (Lipinski definition) is 1. The summed E-state index contributed by atoms with van der Waals surface area (Å²) in [5, 5.41) is 0. The summed E-state index contributed by atoms with van der Waals surface area (Å²) in [5.74, 6) is 1.64. The molecule has 1 heterocycles. The molecule has 2 rings (SSSR count).